The van der Waals surface area contributed by atoms with E-state index in [1.807, 2.05) is 0 Å². The van der Waals surface area contributed by atoms with Crippen LogP contribution in [-0.4, -0.2) is 77.7 Å². The Morgan fingerprint density at radius 3 is 2.25 bits per heavy atom. The molecule has 2 aliphatic heterocycles. The van der Waals surface area contributed by atoms with Crippen molar-refractivity contribution in [3.05, 3.63) is 0 Å². The normalized spacial score (nSPS) is 22.0. The lowest BCUT2D eigenvalue weighted by Gasteiger charge is -2.34. The monoisotopic (exact) mass is 417 g/mol. The van der Waals surface area contributed by atoms with Crippen molar-refractivity contribution in [2.24, 2.45) is 5.92 Å². The van der Waals surface area contributed by atoms with Crippen LogP contribution in [0.4, 0.5) is 11.6 Å². The van der Waals surface area contributed by atoms with E-state index in [1.54, 1.807) is 0 Å². The maximum atomic E-state index is 12.4. The van der Waals surface area contributed by atoms with Gasteiger partial charge in [0.25, 0.3) is 6.47 Å². The van der Waals surface area contributed by atoms with Crippen LogP contribution in [0.3, 0.4) is 0 Å². The van der Waals surface area contributed by atoms with E-state index in [9.17, 15) is 18.0 Å². The van der Waals surface area contributed by atoms with Gasteiger partial charge in [-0.25, -0.2) is 13.0 Å². The number of piperidine rings is 1. The number of aromatic nitrogens is 2. The van der Waals surface area contributed by atoms with Gasteiger partial charge in [0.15, 0.2) is 9.84 Å². The van der Waals surface area contributed by atoms with Crippen molar-refractivity contribution in [2.45, 2.75) is 32.2 Å². The topological polar surface area (TPSA) is 172 Å². The van der Waals surface area contributed by atoms with E-state index in [1.165, 1.54) is 6.92 Å². The van der Waals surface area contributed by atoms with Crippen LogP contribution in [-0.2, 0) is 24.2 Å². The molecule has 3 rings (SSSR count). The molecule has 156 valence electrons. The first kappa shape index (κ1) is 21.8. The van der Waals surface area contributed by atoms with Gasteiger partial charge in [0.1, 0.15) is 0 Å². The number of rotatable bonds is 4. The van der Waals surface area contributed by atoms with Crippen molar-refractivity contribution in [3.8, 4) is 0 Å². The molecule has 3 heterocycles. The summed E-state index contributed by atoms with van der Waals surface area (Å²) in [6, 6.07) is 0.0696. The van der Waals surface area contributed by atoms with Gasteiger partial charge >= 0.3 is 0 Å². The highest BCUT2D eigenvalue weighted by atomic mass is 32.2. The fourth-order valence-corrected chi connectivity index (χ4v) is 5.09. The number of carbonyl (C=O) groups is 3. The van der Waals surface area contributed by atoms with Gasteiger partial charge in [0.05, 0.1) is 11.5 Å². The van der Waals surface area contributed by atoms with Crippen LogP contribution in [0.2, 0.25) is 0 Å². The number of nitrogens with zero attached hydrogens (tertiary/aromatic N) is 3. The second kappa shape index (κ2) is 9.59. The summed E-state index contributed by atoms with van der Waals surface area (Å²) in [5, 5.41) is 19.1. The number of carboxylic acid groups (broad SMARTS) is 1. The molecule has 1 aromatic rings. The molecular weight excluding hydrogens is 394 g/mol. The van der Waals surface area contributed by atoms with Crippen LogP contribution >= 0.6 is 0 Å². The minimum Gasteiger partial charge on any atom is -0.483 e. The first-order valence-electron chi connectivity index (χ1n) is 8.69. The van der Waals surface area contributed by atoms with Crippen molar-refractivity contribution in [2.75, 3.05) is 35.2 Å². The Kier molecular flexibility index (Phi) is 7.45. The molecule has 3 N–H and O–H groups in total. The number of nitrogens with one attached hydrogen (secondary N) is 2. The highest BCUT2D eigenvalue weighted by molar-refractivity contribution is 7.91. The van der Waals surface area contributed by atoms with Crippen LogP contribution in [0.5, 0.6) is 0 Å². The predicted octanol–water partition coefficient (Wildman–Crippen LogP) is -0.434. The largest absolute Gasteiger partial charge is 0.483 e. The Labute approximate surface area is 161 Å². The zero-order valence-electron chi connectivity index (χ0n) is 15.3. The van der Waals surface area contributed by atoms with E-state index < -0.39 is 9.84 Å². The molecule has 0 spiro atoms. The van der Waals surface area contributed by atoms with Gasteiger partial charge in [-0.05, 0) is 42.7 Å². The molecule has 2 aliphatic rings. The highest BCUT2D eigenvalue weighted by Gasteiger charge is 2.35. The molecule has 1 unspecified atom stereocenters. The van der Waals surface area contributed by atoms with Gasteiger partial charge in [-0.3, -0.25) is 19.3 Å². The summed E-state index contributed by atoms with van der Waals surface area (Å²) in [5.74, 6) is -0.111. The first-order chi connectivity index (χ1) is 13.3. The standard InChI is InChI=1S/C14H21N5O5S.CH2O2/c1-9(20)15-12-13(18-24-17-12)16-14(21)10-2-5-19(6-3-10)11-4-7-25(22,23)8-11;2-1-3/h10-11H,2-8H2,1H3,(H,15,17,20)(H,16,18,21);1H,(H,2,3). The molecule has 2 saturated heterocycles. The van der Waals surface area contributed by atoms with Crippen molar-refractivity contribution >= 4 is 39.8 Å². The van der Waals surface area contributed by atoms with Crippen molar-refractivity contribution in [1.29, 1.82) is 0 Å². The number of likely N-dealkylation sites (tertiary alicyclic amines) is 1. The third-order valence-corrected chi connectivity index (χ3v) is 6.40. The van der Waals surface area contributed by atoms with Gasteiger partial charge in [-0.2, -0.15) is 0 Å². The third kappa shape index (κ3) is 5.99. The molecule has 12 nitrogen and oxygen atoms in total. The minimum atomic E-state index is -2.90. The number of anilines is 2. The van der Waals surface area contributed by atoms with Gasteiger partial charge in [-0.1, -0.05) is 0 Å². The Balaban J connectivity index is 0.000000878. The molecule has 1 atom stereocenters. The molecule has 0 aromatic carbocycles. The van der Waals surface area contributed by atoms with Gasteiger partial charge in [-0.15, -0.1) is 0 Å². The van der Waals surface area contributed by atoms with Crippen LogP contribution in [0.1, 0.15) is 26.2 Å². The van der Waals surface area contributed by atoms with Crippen LogP contribution in [0.15, 0.2) is 4.63 Å². The Hall–Kier alpha value is -2.54. The van der Waals surface area contributed by atoms with Crippen LogP contribution in [0, 0.1) is 5.92 Å². The van der Waals surface area contributed by atoms with Gasteiger partial charge in [0, 0.05) is 18.9 Å². The van der Waals surface area contributed by atoms with Gasteiger partial charge < -0.3 is 15.7 Å². The minimum absolute atomic E-state index is 0.0696. The van der Waals surface area contributed by atoms with Crippen molar-refractivity contribution < 1.29 is 32.5 Å². The molecule has 1 aromatic heterocycles. The number of hydrogen-bond donors (Lipinski definition) is 3. The van der Waals surface area contributed by atoms with Crippen molar-refractivity contribution in [3.63, 3.8) is 0 Å². The Morgan fingerprint density at radius 2 is 1.75 bits per heavy atom. The van der Waals surface area contributed by atoms with Gasteiger partial charge in [0.2, 0.25) is 23.5 Å². The average Bonchev–Trinajstić information content (AvgIpc) is 3.21. The molecule has 2 fully saturated rings. The average molecular weight is 417 g/mol. The zero-order chi connectivity index (χ0) is 20.7. The first-order valence-corrected chi connectivity index (χ1v) is 10.5. The second-order valence-corrected chi connectivity index (χ2v) is 8.83. The summed E-state index contributed by atoms with van der Waals surface area (Å²) in [6.07, 6.45) is 1.95. The molecule has 2 amide bonds. The van der Waals surface area contributed by atoms with Crippen LogP contribution < -0.4 is 10.6 Å². The molecule has 0 bridgehead atoms. The predicted molar refractivity (Wildman–Crippen MR) is 97.3 cm³/mol. The maximum absolute atomic E-state index is 12.4. The molecule has 0 saturated carbocycles. The lowest BCUT2D eigenvalue weighted by molar-refractivity contribution is -0.123. The lowest BCUT2D eigenvalue weighted by atomic mass is 9.94. The SMILES string of the molecule is CC(=O)Nc1nonc1NC(=O)C1CCN(C2CCS(=O)(=O)C2)CC1.O=CO. The van der Waals surface area contributed by atoms with Crippen LogP contribution in [0.25, 0.3) is 0 Å². The summed E-state index contributed by atoms with van der Waals surface area (Å²) in [5.41, 5.74) is 0. The van der Waals surface area contributed by atoms with E-state index in [0.717, 1.165) is 0 Å². The third-order valence-electron chi connectivity index (χ3n) is 4.65. The van der Waals surface area contributed by atoms with E-state index in [0.29, 0.717) is 32.4 Å². The summed E-state index contributed by atoms with van der Waals surface area (Å²) in [4.78, 5) is 34.0. The summed E-state index contributed by atoms with van der Waals surface area (Å²) < 4.78 is 27.7. The number of hydrogen-bond acceptors (Lipinski definition) is 9. The Bertz CT molecular complexity index is 801. The fraction of sp³-hybridized carbons (Fsp3) is 0.667. The number of amides is 2. The summed E-state index contributed by atoms with van der Waals surface area (Å²) in [7, 11) is -2.90. The van der Waals surface area contributed by atoms with E-state index in [2.05, 4.69) is 30.5 Å². The van der Waals surface area contributed by atoms with Crippen molar-refractivity contribution in [1.82, 2.24) is 15.2 Å². The smallest absolute Gasteiger partial charge is 0.290 e. The quantitative estimate of drug-likeness (QED) is 0.546. The summed E-state index contributed by atoms with van der Waals surface area (Å²) in [6.45, 7) is 2.45. The Morgan fingerprint density at radius 1 is 1.18 bits per heavy atom. The second-order valence-electron chi connectivity index (χ2n) is 6.60. The van der Waals surface area contributed by atoms with E-state index >= 15 is 0 Å². The molecule has 28 heavy (non-hydrogen) atoms. The number of sulfone groups is 1. The fourth-order valence-electron chi connectivity index (χ4n) is 3.33. The number of carbonyl (C=O) groups excluding carboxylic acids is 2. The summed E-state index contributed by atoms with van der Waals surface area (Å²) >= 11 is 0. The lowest BCUT2D eigenvalue weighted by Crippen LogP contribution is -2.44. The molecule has 0 radical (unpaired) electrons. The molecule has 0 aliphatic carbocycles. The maximum Gasteiger partial charge on any atom is 0.290 e. The molecule has 13 heteroatoms. The van der Waals surface area contributed by atoms with E-state index in [4.69, 9.17) is 9.90 Å². The highest BCUT2D eigenvalue weighted by Crippen LogP contribution is 2.26. The zero-order valence-corrected chi connectivity index (χ0v) is 16.1. The van der Waals surface area contributed by atoms with E-state index in [-0.39, 0.29) is 53.4 Å². The molecular formula is C15H23N5O7S.